The maximum absolute atomic E-state index is 12.8. The first-order valence-corrected chi connectivity index (χ1v) is 9.99. The molecule has 3 aromatic rings. The van der Waals surface area contributed by atoms with Gasteiger partial charge in [0.2, 0.25) is 5.91 Å². The first-order chi connectivity index (χ1) is 13.8. The number of aromatic nitrogens is 2. The first-order valence-electron chi connectivity index (χ1n) is 9.99. The van der Waals surface area contributed by atoms with Crippen LogP contribution in [-0.2, 0) is 17.8 Å². The van der Waals surface area contributed by atoms with E-state index in [-0.39, 0.29) is 12.3 Å². The molecule has 2 aromatic carbocycles. The molecule has 1 amide bonds. The number of ether oxygens (including phenoxy) is 1. The molecule has 0 radical (unpaired) electrons. The smallest absolute Gasteiger partial charge is 0.229 e. The molecule has 0 unspecified atom stereocenters. The Morgan fingerprint density at radius 3 is 2.45 bits per heavy atom. The molecule has 5 heteroatoms. The fraction of sp³-hybridized carbons (Fsp3) is 0.333. The van der Waals surface area contributed by atoms with E-state index >= 15 is 0 Å². The highest BCUT2D eigenvalue weighted by molar-refractivity contribution is 5.94. The Balaban J connectivity index is 1.73. The van der Waals surface area contributed by atoms with E-state index in [1.54, 1.807) is 0 Å². The number of amides is 1. The van der Waals surface area contributed by atoms with Crippen LogP contribution in [0.3, 0.4) is 0 Å². The van der Waals surface area contributed by atoms with Gasteiger partial charge in [-0.2, -0.15) is 5.10 Å². The van der Waals surface area contributed by atoms with E-state index in [0.29, 0.717) is 17.4 Å². The van der Waals surface area contributed by atoms with E-state index in [9.17, 15) is 4.79 Å². The average Bonchev–Trinajstić information content (AvgIpc) is 2.92. The van der Waals surface area contributed by atoms with Gasteiger partial charge in [0.25, 0.3) is 0 Å². The molecule has 0 saturated heterocycles. The minimum atomic E-state index is -0.0831. The van der Waals surface area contributed by atoms with E-state index in [1.165, 1.54) is 5.56 Å². The van der Waals surface area contributed by atoms with Crippen molar-refractivity contribution in [3.8, 4) is 11.5 Å². The van der Waals surface area contributed by atoms with E-state index < -0.39 is 0 Å². The van der Waals surface area contributed by atoms with Gasteiger partial charge >= 0.3 is 0 Å². The summed E-state index contributed by atoms with van der Waals surface area (Å²) in [5.41, 5.74) is 4.77. The van der Waals surface area contributed by atoms with Gasteiger partial charge in [0.1, 0.15) is 5.75 Å². The molecule has 3 rings (SSSR count). The van der Waals surface area contributed by atoms with Crippen molar-refractivity contribution in [1.29, 1.82) is 0 Å². The van der Waals surface area contributed by atoms with Crippen molar-refractivity contribution in [3.63, 3.8) is 0 Å². The third kappa shape index (κ3) is 5.25. The summed E-state index contributed by atoms with van der Waals surface area (Å²) in [4.78, 5) is 12.8. The second-order valence-corrected chi connectivity index (χ2v) is 7.86. The van der Waals surface area contributed by atoms with Gasteiger partial charge in [0.05, 0.1) is 17.8 Å². The number of carbonyl (C=O) groups is 1. The minimum Gasteiger partial charge on any atom is -0.455 e. The molecule has 0 fully saturated rings. The molecule has 5 nitrogen and oxygen atoms in total. The molecule has 0 bridgehead atoms. The van der Waals surface area contributed by atoms with Gasteiger partial charge in [-0.1, -0.05) is 43.7 Å². The highest BCUT2D eigenvalue weighted by Crippen LogP contribution is 2.29. The number of carbonyl (C=O) groups excluding carboxylic acids is 1. The third-order valence-electron chi connectivity index (χ3n) is 4.82. The van der Waals surface area contributed by atoms with Crippen LogP contribution in [0, 0.1) is 26.7 Å². The zero-order valence-corrected chi connectivity index (χ0v) is 17.8. The lowest BCUT2D eigenvalue weighted by atomic mass is 10.1. The van der Waals surface area contributed by atoms with Crippen LogP contribution in [0.2, 0.25) is 0 Å². The summed E-state index contributed by atoms with van der Waals surface area (Å²) < 4.78 is 7.98. The van der Waals surface area contributed by atoms with Crippen LogP contribution in [0.1, 0.15) is 36.4 Å². The first kappa shape index (κ1) is 20.6. The second kappa shape index (κ2) is 8.95. The lowest BCUT2D eigenvalue weighted by Gasteiger charge is -2.13. The van der Waals surface area contributed by atoms with Gasteiger partial charge in [-0.15, -0.1) is 0 Å². The van der Waals surface area contributed by atoms with Crippen LogP contribution in [0.4, 0.5) is 5.69 Å². The predicted octanol–water partition coefficient (Wildman–Crippen LogP) is 5.44. The van der Waals surface area contributed by atoms with Crippen molar-refractivity contribution in [3.05, 3.63) is 71.0 Å². The number of anilines is 1. The number of hydrogen-bond donors (Lipinski definition) is 1. The zero-order valence-electron chi connectivity index (χ0n) is 17.8. The van der Waals surface area contributed by atoms with Crippen molar-refractivity contribution in [2.45, 2.75) is 47.6 Å². The molecule has 0 aliphatic carbocycles. The molecular weight excluding hydrogens is 362 g/mol. The zero-order chi connectivity index (χ0) is 21.0. The standard InChI is InChI=1S/C24H29N3O2/c1-16(2)15-27-19(5)21(18(4)26-27)14-24(28)25-22-8-6-7-9-23(22)29-20-12-10-17(3)11-13-20/h6-13,16H,14-15H2,1-5H3,(H,25,28). The highest BCUT2D eigenvalue weighted by Gasteiger charge is 2.17. The van der Waals surface area contributed by atoms with Crippen LogP contribution in [0.5, 0.6) is 11.5 Å². The summed E-state index contributed by atoms with van der Waals surface area (Å²) in [5.74, 6) is 1.77. The maximum Gasteiger partial charge on any atom is 0.229 e. The molecule has 0 aliphatic rings. The number of hydrogen-bond acceptors (Lipinski definition) is 3. The van der Waals surface area contributed by atoms with Gasteiger partial charge < -0.3 is 10.1 Å². The van der Waals surface area contributed by atoms with Crippen LogP contribution in [0.15, 0.2) is 48.5 Å². The largest absolute Gasteiger partial charge is 0.455 e. The van der Waals surface area contributed by atoms with Crippen molar-refractivity contribution >= 4 is 11.6 Å². The molecule has 1 N–H and O–H groups in total. The van der Waals surface area contributed by atoms with E-state index in [2.05, 4.69) is 24.3 Å². The molecule has 0 aliphatic heterocycles. The number of nitrogens with one attached hydrogen (secondary N) is 1. The number of benzene rings is 2. The summed E-state index contributed by atoms with van der Waals surface area (Å²) in [6.45, 7) is 11.2. The Morgan fingerprint density at radius 2 is 1.76 bits per heavy atom. The quantitative estimate of drug-likeness (QED) is 0.584. The summed E-state index contributed by atoms with van der Waals surface area (Å²) >= 11 is 0. The van der Waals surface area contributed by atoms with E-state index in [4.69, 9.17) is 4.74 Å². The summed E-state index contributed by atoms with van der Waals surface area (Å²) in [5, 5.41) is 7.60. The average molecular weight is 392 g/mol. The van der Waals surface area contributed by atoms with Gasteiger partial charge in [-0.05, 0) is 51.0 Å². The number of rotatable bonds is 7. The van der Waals surface area contributed by atoms with Crippen LogP contribution in [0.25, 0.3) is 0 Å². The molecule has 0 saturated carbocycles. The van der Waals surface area contributed by atoms with Crippen molar-refractivity contribution in [2.24, 2.45) is 5.92 Å². The fourth-order valence-electron chi connectivity index (χ4n) is 3.26. The van der Waals surface area contributed by atoms with Gasteiger partial charge in [-0.25, -0.2) is 0 Å². The Bertz CT molecular complexity index is 988. The molecule has 152 valence electrons. The van der Waals surface area contributed by atoms with Crippen LogP contribution in [-0.4, -0.2) is 15.7 Å². The fourth-order valence-corrected chi connectivity index (χ4v) is 3.26. The second-order valence-electron chi connectivity index (χ2n) is 7.86. The Labute approximate surface area is 172 Å². The van der Waals surface area contributed by atoms with Crippen LogP contribution >= 0.6 is 0 Å². The molecule has 29 heavy (non-hydrogen) atoms. The van der Waals surface area contributed by atoms with Gasteiger partial charge in [0.15, 0.2) is 5.75 Å². The van der Waals surface area contributed by atoms with Gasteiger partial charge in [0, 0.05) is 17.8 Å². The lowest BCUT2D eigenvalue weighted by Crippen LogP contribution is -2.16. The summed E-state index contributed by atoms with van der Waals surface area (Å²) in [7, 11) is 0. The van der Waals surface area contributed by atoms with Crippen molar-refractivity contribution < 1.29 is 9.53 Å². The molecule has 0 spiro atoms. The number of nitrogens with zero attached hydrogens (tertiary/aromatic N) is 2. The molecule has 1 aromatic heterocycles. The number of para-hydroxylation sites is 2. The monoisotopic (exact) mass is 391 g/mol. The normalized spacial score (nSPS) is 11.0. The van der Waals surface area contributed by atoms with Crippen LogP contribution < -0.4 is 10.1 Å². The SMILES string of the molecule is Cc1ccc(Oc2ccccc2NC(=O)Cc2c(C)nn(CC(C)C)c2C)cc1. The number of aryl methyl sites for hydroxylation is 2. The predicted molar refractivity (Wildman–Crippen MR) is 117 cm³/mol. The topological polar surface area (TPSA) is 56.1 Å². The van der Waals surface area contributed by atoms with Crippen molar-refractivity contribution in [1.82, 2.24) is 9.78 Å². The third-order valence-corrected chi connectivity index (χ3v) is 4.82. The Hall–Kier alpha value is -3.08. The molecule has 0 atom stereocenters. The molecule has 1 heterocycles. The van der Waals surface area contributed by atoms with E-state index in [0.717, 1.165) is 29.2 Å². The maximum atomic E-state index is 12.8. The Morgan fingerprint density at radius 1 is 1.07 bits per heavy atom. The summed E-state index contributed by atoms with van der Waals surface area (Å²) in [6, 6.07) is 15.3. The van der Waals surface area contributed by atoms with Gasteiger partial charge in [-0.3, -0.25) is 9.48 Å². The lowest BCUT2D eigenvalue weighted by molar-refractivity contribution is -0.115. The highest BCUT2D eigenvalue weighted by atomic mass is 16.5. The minimum absolute atomic E-state index is 0.0831. The Kier molecular flexibility index (Phi) is 6.37. The van der Waals surface area contributed by atoms with E-state index in [1.807, 2.05) is 74.0 Å². The summed E-state index contributed by atoms with van der Waals surface area (Å²) in [6.07, 6.45) is 0.286. The molecular formula is C24H29N3O2. The van der Waals surface area contributed by atoms with Crippen molar-refractivity contribution in [2.75, 3.05) is 5.32 Å².